The molecule has 0 radical (unpaired) electrons. The van der Waals surface area contributed by atoms with E-state index in [-0.39, 0.29) is 5.91 Å². The lowest BCUT2D eigenvalue weighted by Crippen LogP contribution is -2.12. The number of halogens is 3. The Balaban J connectivity index is 2.25. The standard InChI is InChI=1S/C14H10BrCl2NO/c1-8-2-4-10(7-13(8)17)18-14(19)11-6-9(15)3-5-12(11)16/h2-7H,1H3,(H,18,19). The summed E-state index contributed by atoms with van der Waals surface area (Å²) in [5, 5.41) is 3.78. The van der Waals surface area contributed by atoms with E-state index in [0.717, 1.165) is 10.0 Å². The number of carbonyl (C=O) groups is 1. The van der Waals surface area contributed by atoms with E-state index in [1.165, 1.54) is 0 Å². The van der Waals surface area contributed by atoms with E-state index in [9.17, 15) is 4.79 Å². The van der Waals surface area contributed by atoms with Gasteiger partial charge in [-0.2, -0.15) is 0 Å². The number of carbonyl (C=O) groups excluding carboxylic acids is 1. The summed E-state index contributed by atoms with van der Waals surface area (Å²) in [6.45, 7) is 1.90. The molecule has 0 heterocycles. The Labute approximate surface area is 129 Å². The van der Waals surface area contributed by atoms with E-state index in [0.29, 0.717) is 21.3 Å². The maximum absolute atomic E-state index is 12.1. The SMILES string of the molecule is Cc1ccc(NC(=O)c2cc(Br)ccc2Cl)cc1Cl. The molecule has 2 nitrogen and oxygen atoms in total. The number of aryl methyl sites for hydroxylation is 1. The Hall–Kier alpha value is -1.03. The highest BCUT2D eigenvalue weighted by molar-refractivity contribution is 9.10. The summed E-state index contributed by atoms with van der Waals surface area (Å²) in [7, 11) is 0. The fraction of sp³-hybridized carbons (Fsp3) is 0.0714. The molecule has 0 saturated carbocycles. The van der Waals surface area contributed by atoms with E-state index in [1.54, 1.807) is 30.3 Å². The molecule has 0 saturated heterocycles. The number of amides is 1. The third kappa shape index (κ3) is 3.50. The van der Waals surface area contributed by atoms with Crippen LogP contribution in [0.4, 0.5) is 5.69 Å². The van der Waals surface area contributed by atoms with Crippen molar-refractivity contribution in [3.8, 4) is 0 Å². The second-order valence-corrected chi connectivity index (χ2v) is 5.77. The van der Waals surface area contributed by atoms with Crippen molar-refractivity contribution in [1.29, 1.82) is 0 Å². The van der Waals surface area contributed by atoms with Gasteiger partial charge < -0.3 is 5.32 Å². The molecule has 0 unspecified atom stereocenters. The third-order valence-electron chi connectivity index (χ3n) is 2.60. The zero-order valence-electron chi connectivity index (χ0n) is 10.0. The Morgan fingerprint density at radius 3 is 2.53 bits per heavy atom. The van der Waals surface area contributed by atoms with E-state index in [4.69, 9.17) is 23.2 Å². The van der Waals surface area contributed by atoms with Crippen LogP contribution in [0.3, 0.4) is 0 Å². The molecule has 2 aromatic carbocycles. The number of benzene rings is 2. The molecular formula is C14H10BrCl2NO. The van der Waals surface area contributed by atoms with Crippen molar-refractivity contribution in [2.75, 3.05) is 5.32 Å². The van der Waals surface area contributed by atoms with Crippen molar-refractivity contribution in [3.63, 3.8) is 0 Å². The van der Waals surface area contributed by atoms with Gasteiger partial charge in [0.25, 0.3) is 5.91 Å². The van der Waals surface area contributed by atoms with Crippen LogP contribution >= 0.6 is 39.1 Å². The molecule has 19 heavy (non-hydrogen) atoms. The number of anilines is 1. The minimum atomic E-state index is -0.272. The lowest BCUT2D eigenvalue weighted by Gasteiger charge is -2.08. The van der Waals surface area contributed by atoms with Crippen LogP contribution in [0, 0.1) is 6.92 Å². The number of rotatable bonds is 2. The predicted octanol–water partition coefficient (Wildman–Crippen LogP) is 5.32. The molecule has 0 bridgehead atoms. The van der Waals surface area contributed by atoms with Crippen LogP contribution < -0.4 is 5.32 Å². The van der Waals surface area contributed by atoms with Gasteiger partial charge in [0.15, 0.2) is 0 Å². The largest absolute Gasteiger partial charge is 0.322 e. The average molecular weight is 359 g/mol. The van der Waals surface area contributed by atoms with Gasteiger partial charge in [0.05, 0.1) is 10.6 Å². The van der Waals surface area contributed by atoms with E-state index < -0.39 is 0 Å². The number of hydrogen-bond acceptors (Lipinski definition) is 1. The van der Waals surface area contributed by atoms with Gasteiger partial charge in [-0.15, -0.1) is 0 Å². The van der Waals surface area contributed by atoms with Crippen molar-refractivity contribution < 1.29 is 4.79 Å². The predicted molar refractivity (Wildman–Crippen MR) is 83.3 cm³/mol. The van der Waals surface area contributed by atoms with Gasteiger partial charge in [-0.3, -0.25) is 4.79 Å². The monoisotopic (exact) mass is 357 g/mol. The zero-order valence-corrected chi connectivity index (χ0v) is 13.1. The smallest absolute Gasteiger partial charge is 0.257 e. The first-order chi connectivity index (χ1) is 8.97. The van der Waals surface area contributed by atoms with Crippen molar-refractivity contribution in [3.05, 3.63) is 62.0 Å². The zero-order chi connectivity index (χ0) is 14.0. The van der Waals surface area contributed by atoms with Crippen LogP contribution in [0.1, 0.15) is 15.9 Å². The highest BCUT2D eigenvalue weighted by Crippen LogP contribution is 2.24. The van der Waals surface area contributed by atoms with Gasteiger partial charge in [0.1, 0.15) is 0 Å². The summed E-state index contributed by atoms with van der Waals surface area (Å²) in [4.78, 5) is 12.1. The van der Waals surface area contributed by atoms with Gasteiger partial charge in [0.2, 0.25) is 0 Å². The Bertz CT molecular complexity index is 643. The molecule has 1 amide bonds. The summed E-state index contributed by atoms with van der Waals surface area (Å²) in [5.41, 5.74) is 2.00. The quantitative estimate of drug-likeness (QED) is 0.773. The maximum Gasteiger partial charge on any atom is 0.257 e. The summed E-state index contributed by atoms with van der Waals surface area (Å²) in [6.07, 6.45) is 0. The summed E-state index contributed by atoms with van der Waals surface area (Å²) in [5.74, 6) is -0.272. The van der Waals surface area contributed by atoms with Crippen molar-refractivity contribution >= 4 is 50.7 Å². The lowest BCUT2D eigenvalue weighted by molar-refractivity contribution is 0.102. The normalized spacial score (nSPS) is 10.3. The summed E-state index contributed by atoms with van der Waals surface area (Å²) in [6, 6.07) is 10.5. The van der Waals surface area contributed by atoms with Gasteiger partial charge in [-0.1, -0.05) is 45.2 Å². The van der Waals surface area contributed by atoms with Crippen LogP contribution in [0.25, 0.3) is 0 Å². The summed E-state index contributed by atoms with van der Waals surface area (Å²) >= 11 is 15.3. The van der Waals surface area contributed by atoms with Gasteiger partial charge in [-0.05, 0) is 42.8 Å². The summed E-state index contributed by atoms with van der Waals surface area (Å²) < 4.78 is 0.795. The Morgan fingerprint density at radius 1 is 1.11 bits per heavy atom. The van der Waals surface area contributed by atoms with E-state index in [1.807, 2.05) is 13.0 Å². The Kier molecular flexibility index (Phi) is 4.50. The second kappa shape index (κ2) is 5.95. The molecule has 2 rings (SSSR count). The molecule has 0 spiro atoms. The van der Waals surface area contributed by atoms with Gasteiger partial charge in [0, 0.05) is 15.2 Å². The molecule has 2 aromatic rings. The van der Waals surface area contributed by atoms with Crippen LogP contribution in [-0.4, -0.2) is 5.91 Å². The van der Waals surface area contributed by atoms with Crippen LogP contribution in [0.15, 0.2) is 40.9 Å². The first-order valence-electron chi connectivity index (χ1n) is 5.50. The molecular weight excluding hydrogens is 349 g/mol. The molecule has 0 aliphatic rings. The average Bonchev–Trinajstić information content (AvgIpc) is 2.36. The topological polar surface area (TPSA) is 29.1 Å². The lowest BCUT2D eigenvalue weighted by atomic mass is 10.2. The molecule has 0 fully saturated rings. The van der Waals surface area contributed by atoms with Crippen molar-refractivity contribution in [1.82, 2.24) is 0 Å². The van der Waals surface area contributed by atoms with Crippen LogP contribution in [-0.2, 0) is 0 Å². The highest BCUT2D eigenvalue weighted by atomic mass is 79.9. The highest BCUT2D eigenvalue weighted by Gasteiger charge is 2.11. The molecule has 0 aromatic heterocycles. The molecule has 0 aliphatic heterocycles. The number of nitrogens with one attached hydrogen (secondary N) is 1. The van der Waals surface area contributed by atoms with Crippen LogP contribution in [0.5, 0.6) is 0 Å². The fourth-order valence-electron chi connectivity index (χ4n) is 1.54. The third-order valence-corrected chi connectivity index (χ3v) is 3.83. The van der Waals surface area contributed by atoms with E-state index in [2.05, 4.69) is 21.2 Å². The molecule has 0 atom stereocenters. The minimum absolute atomic E-state index is 0.272. The fourth-order valence-corrected chi connectivity index (χ4v) is 2.29. The number of hydrogen-bond donors (Lipinski definition) is 1. The second-order valence-electron chi connectivity index (χ2n) is 4.04. The molecule has 98 valence electrons. The van der Waals surface area contributed by atoms with E-state index >= 15 is 0 Å². The first kappa shape index (κ1) is 14.4. The minimum Gasteiger partial charge on any atom is -0.322 e. The van der Waals surface area contributed by atoms with Crippen LogP contribution in [0.2, 0.25) is 10.0 Å². The van der Waals surface area contributed by atoms with Gasteiger partial charge >= 0.3 is 0 Å². The maximum atomic E-state index is 12.1. The molecule has 0 aliphatic carbocycles. The molecule has 5 heteroatoms. The van der Waals surface area contributed by atoms with Crippen molar-refractivity contribution in [2.45, 2.75) is 6.92 Å². The Morgan fingerprint density at radius 2 is 1.84 bits per heavy atom. The van der Waals surface area contributed by atoms with Crippen molar-refractivity contribution in [2.24, 2.45) is 0 Å². The first-order valence-corrected chi connectivity index (χ1v) is 7.05. The van der Waals surface area contributed by atoms with Gasteiger partial charge in [-0.25, -0.2) is 0 Å². The molecule has 1 N–H and O–H groups in total.